The lowest BCUT2D eigenvalue weighted by molar-refractivity contribution is -0.122. The van der Waals surface area contributed by atoms with Crippen LogP contribution in [0.2, 0.25) is 5.02 Å². The van der Waals surface area contributed by atoms with Crippen LogP contribution in [0, 0.1) is 0 Å². The third kappa shape index (κ3) is 4.73. The maximum absolute atomic E-state index is 13.0. The van der Waals surface area contributed by atoms with E-state index in [-0.39, 0.29) is 17.0 Å². The van der Waals surface area contributed by atoms with Crippen molar-refractivity contribution < 1.29 is 17.9 Å². The number of nitrogens with zero attached hydrogens (tertiary/aromatic N) is 1. The summed E-state index contributed by atoms with van der Waals surface area (Å²) < 4.78 is 31.2. The van der Waals surface area contributed by atoms with E-state index >= 15 is 0 Å². The maximum atomic E-state index is 13.0. The number of sulfonamides is 1. The number of fused-ring (bicyclic) bond motifs is 1. The zero-order valence-corrected chi connectivity index (χ0v) is 19.2. The van der Waals surface area contributed by atoms with Crippen molar-refractivity contribution >= 4 is 33.2 Å². The quantitative estimate of drug-likeness (QED) is 0.694. The molecule has 0 radical (unpaired) electrons. The second kappa shape index (κ2) is 8.86. The summed E-state index contributed by atoms with van der Waals surface area (Å²) in [6, 6.07) is 9.70. The molecule has 8 heteroatoms. The SMILES string of the molecule is COc1ccc(N(C(C)C(=O)NC(C)c2ccc3c(c2)CCC3)S(C)(=O)=O)cc1Cl. The number of ether oxygens (including phenoxy) is 1. The fourth-order valence-corrected chi connectivity index (χ4v) is 5.30. The van der Waals surface area contributed by atoms with Crippen LogP contribution in [0.1, 0.15) is 43.0 Å². The molecule has 2 aromatic carbocycles. The van der Waals surface area contributed by atoms with Crippen molar-refractivity contribution in [2.75, 3.05) is 17.7 Å². The van der Waals surface area contributed by atoms with Gasteiger partial charge in [0.2, 0.25) is 15.9 Å². The minimum atomic E-state index is -3.73. The Bertz CT molecular complexity index is 1060. The van der Waals surface area contributed by atoms with E-state index in [1.165, 1.54) is 24.3 Å². The first-order valence-electron chi connectivity index (χ1n) is 9.87. The Labute approximate surface area is 183 Å². The molecule has 1 N–H and O–H groups in total. The highest BCUT2D eigenvalue weighted by molar-refractivity contribution is 7.92. The number of carbonyl (C=O) groups excluding carboxylic acids is 1. The highest BCUT2D eigenvalue weighted by Crippen LogP contribution is 2.31. The Morgan fingerprint density at radius 3 is 2.47 bits per heavy atom. The van der Waals surface area contributed by atoms with Crippen LogP contribution in [0.25, 0.3) is 0 Å². The molecule has 162 valence electrons. The van der Waals surface area contributed by atoms with Crippen LogP contribution in [0.4, 0.5) is 5.69 Å². The molecule has 2 unspecified atom stereocenters. The van der Waals surface area contributed by atoms with Crippen molar-refractivity contribution in [2.24, 2.45) is 0 Å². The molecule has 0 aliphatic heterocycles. The molecule has 0 bridgehead atoms. The first-order chi connectivity index (χ1) is 14.1. The lowest BCUT2D eigenvalue weighted by Gasteiger charge is -2.29. The Balaban J connectivity index is 1.81. The molecule has 0 aromatic heterocycles. The zero-order chi connectivity index (χ0) is 22.1. The molecule has 0 fully saturated rings. The number of halogens is 1. The van der Waals surface area contributed by atoms with E-state index in [4.69, 9.17) is 16.3 Å². The molecule has 3 rings (SSSR count). The number of aryl methyl sites for hydroxylation is 2. The third-order valence-electron chi connectivity index (χ3n) is 5.46. The molecule has 6 nitrogen and oxygen atoms in total. The van der Waals surface area contributed by atoms with Gasteiger partial charge in [-0.15, -0.1) is 0 Å². The molecule has 2 aromatic rings. The van der Waals surface area contributed by atoms with Gasteiger partial charge in [-0.1, -0.05) is 29.8 Å². The number of amides is 1. The molecule has 1 aliphatic carbocycles. The van der Waals surface area contributed by atoms with E-state index in [9.17, 15) is 13.2 Å². The highest BCUT2D eigenvalue weighted by atomic mass is 35.5. The molecular formula is C22H27ClN2O4S. The summed E-state index contributed by atoms with van der Waals surface area (Å²) in [7, 11) is -2.26. The minimum Gasteiger partial charge on any atom is -0.495 e. The van der Waals surface area contributed by atoms with E-state index < -0.39 is 16.1 Å². The monoisotopic (exact) mass is 450 g/mol. The second-order valence-electron chi connectivity index (χ2n) is 7.67. The van der Waals surface area contributed by atoms with E-state index in [1.54, 1.807) is 19.1 Å². The minimum absolute atomic E-state index is 0.244. The van der Waals surface area contributed by atoms with Crippen LogP contribution in [-0.2, 0) is 27.7 Å². The first-order valence-corrected chi connectivity index (χ1v) is 12.1. The van der Waals surface area contributed by atoms with Gasteiger partial charge in [0.1, 0.15) is 11.8 Å². The van der Waals surface area contributed by atoms with Gasteiger partial charge in [-0.3, -0.25) is 9.10 Å². The number of nitrogens with one attached hydrogen (secondary N) is 1. The van der Waals surface area contributed by atoms with E-state index in [0.29, 0.717) is 11.4 Å². The summed E-state index contributed by atoms with van der Waals surface area (Å²) in [5.41, 5.74) is 4.00. The van der Waals surface area contributed by atoms with Gasteiger partial charge in [0.25, 0.3) is 0 Å². The van der Waals surface area contributed by atoms with Crippen molar-refractivity contribution in [1.29, 1.82) is 0 Å². The summed E-state index contributed by atoms with van der Waals surface area (Å²) >= 11 is 6.17. The summed E-state index contributed by atoms with van der Waals surface area (Å²) in [5.74, 6) is 0.0385. The van der Waals surface area contributed by atoms with Gasteiger partial charge in [-0.2, -0.15) is 0 Å². The van der Waals surface area contributed by atoms with Crippen molar-refractivity contribution in [3.63, 3.8) is 0 Å². The molecule has 0 spiro atoms. The van der Waals surface area contributed by atoms with Gasteiger partial charge in [0.15, 0.2) is 0 Å². The summed E-state index contributed by atoms with van der Waals surface area (Å²) in [4.78, 5) is 13.0. The van der Waals surface area contributed by atoms with Gasteiger partial charge < -0.3 is 10.1 Å². The molecule has 0 saturated carbocycles. The summed E-state index contributed by atoms with van der Waals surface area (Å²) in [6.45, 7) is 3.46. The maximum Gasteiger partial charge on any atom is 0.244 e. The van der Waals surface area contributed by atoms with Crippen LogP contribution in [0.3, 0.4) is 0 Å². The van der Waals surface area contributed by atoms with Crippen molar-refractivity contribution in [3.8, 4) is 5.75 Å². The number of benzene rings is 2. The lowest BCUT2D eigenvalue weighted by atomic mass is 10.0. The number of rotatable bonds is 7. The van der Waals surface area contributed by atoms with Crippen LogP contribution < -0.4 is 14.4 Å². The van der Waals surface area contributed by atoms with Crippen LogP contribution in [-0.4, -0.2) is 33.7 Å². The molecule has 2 atom stereocenters. The Hall–Kier alpha value is -2.25. The summed E-state index contributed by atoms with van der Waals surface area (Å²) in [6.07, 6.45) is 4.38. The number of hydrogen-bond donors (Lipinski definition) is 1. The average Bonchev–Trinajstić information content (AvgIpc) is 3.14. The van der Waals surface area contributed by atoms with Crippen LogP contribution in [0.5, 0.6) is 5.75 Å². The standard InChI is InChI=1S/C22H27ClN2O4S/c1-14(17-9-8-16-6-5-7-18(16)12-17)24-22(26)15(2)25(30(4,27)28)19-10-11-21(29-3)20(23)13-19/h8-15H,5-7H2,1-4H3,(H,24,26). The first kappa shape index (κ1) is 22.4. The largest absolute Gasteiger partial charge is 0.495 e. The van der Waals surface area contributed by atoms with Gasteiger partial charge in [0, 0.05) is 0 Å². The Morgan fingerprint density at radius 2 is 1.83 bits per heavy atom. The van der Waals surface area contributed by atoms with E-state index in [1.807, 2.05) is 13.0 Å². The molecule has 30 heavy (non-hydrogen) atoms. The van der Waals surface area contributed by atoms with Crippen molar-refractivity contribution in [3.05, 3.63) is 58.1 Å². The molecule has 1 amide bonds. The molecule has 1 aliphatic rings. The predicted molar refractivity (Wildman–Crippen MR) is 120 cm³/mol. The van der Waals surface area contributed by atoms with Crippen LogP contribution in [0.15, 0.2) is 36.4 Å². The third-order valence-corrected chi connectivity index (χ3v) is 7.00. The number of anilines is 1. The molecule has 0 saturated heterocycles. The number of carbonyl (C=O) groups is 1. The zero-order valence-electron chi connectivity index (χ0n) is 17.6. The Kier molecular flexibility index (Phi) is 6.62. The molecule has 0 heterocycles. The Morgan fingerprint density at radius 1 is 1.13 bits per heavy atom. The van der Waals surface area contributed by atoms with Gasteiger partial charge in [-0.05, 0) is 68.0 Å². The fourth-order valence-electron chi connectivity index (χ4n) is 3.88. The van der Waals surface area contributed by atoms with E-state index in [2.05, 4.69) is 17.4 Å². The molecular weight excluding hydrogens is 424 g/mol. The van der Waals surface area contributed by atoms with Crippen molar-refractivity contribution in [1.82, 2.24) is 5.32 Å². The number of methoxy groups -OCH3 is 1. The smallest absolute Gasteiger partial charge is 0.244 e. The van der Waals surface area contributed by atoms with Gasteiger partial charge in [0.05, 0.1) is 30.1 Å². The predicted octanol–water partition coefficient (Wildman–Crippen LogP) is 3.87. The lowest BCUT2D eigenvalue weighted by Crippen LogP contribution is -2.48. The number of hydrogen-bond acceptors (Lipinski definition) is 4. The summed E-state index contributed by atoms with van der Waals surface area (Å²) in [5, 5.41) is 3.21. The van der Waals surface area contributed by atoms with E-state index in [0.717, 1.165) is 35.4 Å². The topological polar surface area (TPSA) is 75.7 Å². The normalized spacial score (nSPS) is 15.2. The average molecular weight is 451 g/mol. The van der Waals surface area contributed by atoms with Gasteiger partial charge in [-0.25, -0.2) is 8.42 Å². The highest BCUT2D eigenvalue weighted by Gasteiger charge is 2.30. The fraction of sp³-hybridized carbons (Fsp3) is 0.409. The van der Waals surface area contributed by atoms with Gasteiger partial charge >= 0.3 is 0 Å². The van der Waals surface area contributed by atoms with Crippen molar-refractivity contribution in [2.45, 2.75) is 45.2 Å². The second-order valence-corrected chi connectivity index (χ2v) is 9.93. The van der Waals surface area contributed by atoms with Crippen LogP contribution >= 0.6 is 11.6 Å².